The number of rotatable bonds is 3. The van der Waals surface area contributed by atoms with Crippen LogP contribution in [0.3, 0.4) is 0 Å². The number of aromatic nitrogens is 2. The van der Waals surface area contributed by atoms with Gasteiger partial charge in [-0.1, -0.05) is 35.7 Å². The summed E-state index contributed by atoms with van der Waals surface area (Å²) in [4.78, 5) is 1.04. The second-order valence-electron chi connectivity index (χ2n) is 3.30. The van der Waals surface area contributed by atoms with Crippen LogP contribution >= 0.6 is 11.5 Å². The topological polar surface area (TPSA) is 51.8 Å². The molecule has 0 aliphatic carbocycles. The first-order chi connectivity index (χ1) is 7.35. The summed E-state index contributed by atoms with van der Waals surface area (Å²) in [7, 11) is 0. The van der Waals surface area contributed by atoms with Crippen LogP contribution in [0.25, 0.3) is 11.3 Å². The van der Waals surface area contributed by atoms with E-state index in [2.05, 4.69) is 40.8 Å². The molecule has 0 bridgehead atoms. The van der Waals surface area contributed by atoms with E-state index in [9.17, 15) is 0 Å². The summed E-state index contributed by atoms with van der Waals surface area (Å²) in [6.45, 7) is 2.65. The molecule has 78 valence electrons. The van der Waals surface area contributed by atoms with Gasteiger partial charge in [0.2, 0.25) is 0 Å². The molecule has 4 heteroatoms. The summed E-state index contributed by atoms with van der Waals surface area (Å²) < 4.78 is 3.92. The predicted octanol–water partition coefficient (Wildman–Crippen LogP) is 2.23. The largest absolute Gasteiger partial charge is 0.326 e. The Balaban J connectivity index is 2.37. The molecule has 3 nitrogen and oxygen atoms in total. The van der Waals surface area contributed by atoms with Gasteiger partial charge in [0.05, 0.1) is 4.88 Å². The molecular weight excluding hydrogens is 206 g/mol. The van der Waals surface area contributed by atoms with Crippen molar-refractivity contribution < 1.29 is 0 Å². The Labute approximate surface area is 93.1 Å². The van der Waals surface area contributed by atoms with Crippen molar-refractivity contribution in [2.24, 2.45) is 5.73 Å². The van der Waals surface area contributed by atoms with Crippen LogP contribution in [0, 0.1) is 0 Å². The Morgan fingerprint density at radius 2 is 2.00 bits per heavy atom. The van der Waals surface area contributed by atoms with E-state index in [1.807, 2.05) is 0 Å². The summed E-state index contributed by atoms with van der Waals surface area (Å²) in [5, 5.41) is 4.10. The molecule has 0 spiro atoms. The lowest BCUT2D eigenvalue weighted by Crippen LogP contribution is -1.95. The van der Waals surface area contributed by atoms with Gasteiger partial charge in [0.25, 0.3) is 0 Å². The van der Waals surface area contributed by atoms with Crippen molar-refractivity contribution in [2.45, 2.75) is 19.9 Å². The third-order valence-corrected chi connectivity index (χ3v) is 3.12. The second-order valence-corrected chi connectivity index (χ2v) is 4.14. The molecule has 0 amide bonds. The van der Waals surface area contributed by atoms with Crippen LogP contribution in [0.1, 0.15) is 17.4 Å². The van der Waals surface area contributed by atoms with Crippen molar-refractivity contribution in [3.63, 3.8) is 0 Å². The number of benzene rings is 1. The van der Waals surface area contributed by atoms with Crippen molar-refractivity contribution in [1.29, 1.82) is 0 Å². The van der Waals surface area contributed by atoms with Gasteiger partial charge < -0.3 is 5.73 Å². The van der Waals surface area contributed by atoms with Gasteiger partial charge in [0.1, 0.15) is 5.69 Å². The van der Waals surface area contributed by atoms with Crippen molar-refractivity contribution in [2.75, 3.05) is 0 Å². The van der Waals surface area contributed by atoms with Gasteiger partial charge in [0, 0.05) is 12.1 Å². The monoisotopic (exact) mass is 219 g/mol. The molecule has 2 rings (SSSR count). The van der Waals surface area contributed by atoms with E-state index in [1.54, 1.807) is 0 Å². The highest BCUT2D eigenvalue weighted by molar-refractivity contribution is 7.05. The van der Waals surface area contributed by atoms with Crippen molar-refractivity contribution in [1.82, 2.24) is 9.59 Å². The fourth-order valence-electron chi connectivity index (χ4n) is 1.46. The molecule has 15 heavy (non-hydrogen) atoms. The van der Waals surface area contributed by atoms with E-state index in [-0.39, 0.29) is 0 Å². The van der Waals surface area contributed by atoms with Crippen LogP contribution in [0.5, 0.6) is 0 Å². The van der Waals surface area contributed by atoms with Gasteiger partial charge in [-0.3, -0.25) is 0 Å². The van der Waals surface area contributed by atoms with Crippen molar-refractivity contribution >= 4 is 11.5 Å². The van der Waals surface area contributed by atoms with Crippen LogP contribution in [0.2, 0.25) is 0 Å². The average Bonchev–Trinajstić information content (AvgIpc) is 2.77. The molecule has 2 aromatic rings. The molecule has 1 aromatic carbocycles. The minimum Gasteiger partial charge on any atom is -0.326 e. The minimum atomic E-state index is 0.503. The normalized spacial score (nSPS) is 10.5. The maximum absolute atomic E-state index is 5.62. The highest BCUT2D eigenvalue weighted by atomic mass is 32.1. The van der Waals surface area contributed by atoms with Crippen molar-refractivity contribution in [3.05, 3.63) is 34.7 Å². The molecule has 0 aliphatic heterocycles. The number of hydrogen-bond donors (Lipinski definition) is 1. The zero-order valence-electron chi connectivity index (χ0n) is 8.60. The zero-order valence-corrected chi connectivity index (χ0v) is 9.42. The van der Waals surface area contributed by atoms with Gasteiger partial charge >= 0.3 is 0 Å². The Hall–Kier alpha value is -1.26. The van der Waals surface area contributed by atoms with E-state index in [4.69, 9.17) is 5.73 Å². The number of nitrogens with zero attached hydrogens (tertiary/aromatic N) is 2. The molecule has 2 N–H and O–H groups in total. The van der Waals surface area contributed by atoms with Gasteiger partial charge in [-0.2, -0.15) is 0 Å². The Morgan fingerprint density at radius 1 is 1.27 bits per heavy atom. The van der Waals surface area contributed by atoms with E-state index in [0.717, 1.165) is 22.6 Å². The van der Waals surface area contributed by atoms with Gasteiger partial charge in [-0.25, -0.2) is 0 Å². The Kier molecular flexibility index (Phi) is 3.08. The fourth-order valence-corrected chi connectivity index (χ4v) is 2.00. The maximum atomic E-state index is 5.62. The van der Waals surface area contributed by atoms with Crippen LogP contribution in [0.15, 0.2) is 24.3 Å². The lowest BCUT2D eigenvalue weighted by atomic mass is 10.1. The quantitative estimate of drug-likeness (QED) is 0.861. The molecule has 0 saturated heterocycles. The third kappa shape index (κ3) is 2.06. The first kappa shape index (κ1) is 10.3. The standard InChI is InChI=1S/C11H13N3S/c1-2-8-3-5-9(6-4-8)11-10(7-12)15-14-13-11/h3-6H,2,7,12H2,1H3. The lowest BCUT2D eigenvalue weighted by Gasteiger charge is -2.00. The predicted molar refractivity (Wildman–Crippen MR) is 62.6 cm³/mol. The van der Waals surface area contributed by atoms with Crippen LogP contribution in [0.4, 0.5) is 0 Å². The number of nitrogens with two attached hydrogens (primary N) is 1. The fraction of sp³-hybridized carbons (Fsp3) is 0.273. The van der Waals surface area contributed by atoms with Crippen LogP contribution in [-0.2, 0) is 13.0 Å². The molecule has 0 saturated carbocycles. The van der Waals surface area contributed by atoms with Crippen LogP contribution < -0.4 is 5.73 Å². The first-order valence-electron chi connectivity index (χ1n) is 4.95. The molecular formula is C11H13N3S. The van der Waals surface area contributed by atoms with E-state index < -0.39 is 0 Å². The van der Waals surface area contributed by atoms with Crippen LogP contribution in [-0.4, -0.2) is 9.59 Å². The van der Waals surface area contributed by atoms with E-state index in [0.29, 0.717) is 6.54 Å². The first-order valence-corrected chi connectivity index (χ1v) is 5.73. The lowest BCUT2D eigenvalue weighted by molar-refractivity contribution is 1.08. The summed E-state index contributed by atoms with van der Waals surface area (Å²) in [6.07, 6.45) is 1.05. The molecule has 1 aromatic heterocycles. The third-order valence-electron chi connectivity index (χ3n) is 2.38. The SMILES string of the molecule is CCc1ccc(-c2nnsc2CN)cc1. The summed E-state index contributed by atoms with van der Waals surface area (Å²) >= 11 is 1.37. The average molecular weight is 219 g/mol. The van der Waals surface area contributed by atoms with Gasteiger partial charge in [0.15, 0.2) is 0 Å². The summed E-state index contributed by atoms with van der Waals surface area (Å²) in [5.74, 6) is 0. The van der Waals surface area contributed by atoms with Gasteiger partial charge in [-0.05, 0) is 23.5 Å². The molecule has 0 radical (unpaired) electrons. The molecule has 1 heterocycles. The van der Waals surface area contributed by atoms with E-state index >= 15 is 0 Å². The molecule has 0 fully saturated rings. The number of hydrogen-bond acceptors (Lipinski definition) is 4. The maximum Gasteiger partial charge on any atom is 0.110 e. The minimum absolute atomic E-state index is 0.503. The Bertz CT molecular complexity index is 433. The van der Waals surface area contributed by atoms with Crippen molar-refractivity contribution in [3.8, 4) is 11.3 Å². The van der Waals surface area contributed by atoms with Gasteiger partial charge in [-0.15, -0.1) is 5.10 Å². The summed E-state index contributed by atoms with van der Waals surface area (Å²) in [6, 6.07) is 8.40. The molecule has 0 aliphatic rings. The highest BCUT2D eigenvalue weighted by Crippen LogP contribution is 2.23. The number of aryl methyl sites for hydroxylation is 1. The smallest absolute Gasteiger partial charge is 0.110 e. The Morgan fingerprint density at radius 3 is 2.60 bits per heavy atom. The highest BCUT2D eigenvalue weighted by Gasteiger charge is 2.08. The second kappa shape index (κ2) is 4.51. The zero-order chi connectivity index (χ0) is 10.7. The summed E-state index contributed by atoms with van der Waals surface area (Å²) in [5.41, 5.74) is 8.97. The molecule has 0 atom stereocenters. The van der Waals surface area contributed by atoms with E-state index in [1.165, 1.54) is 17.1 Å². The molecule has 0 unspecified atom stereocenters.